The average Bonchev–Trinajstić information content (AvgIpc) is 2.47. The molecule has 1 aromatic carbocycles. The lowest BCUT2D eigenvalue weighted by Gasteiger charge is -2.22. The van der Waals surface area contributed by atoms with Crippen molar-refractivity contribution in [1.82, 2.24) is 4.72 Å². The summed E-state index contributed by atoms with van der Waals surface area (Å²) in [6, 6.07) is 4.76. The molecule has 1 aliphatic rings. The quantitative estimate of drug-likeness (QED) is 0.835. The molecule has 1 atom stereocenters. The number of hydrogen-bond acceptors (Lipinski definition) is 4. The molecule has 7 heteroatoms. The van der Waals surface area contributed by atoms with Crippen LogP contribution in [0.25, 0.3) is 0 Å². The van der Waals surface area contributed by atoms with Gasteiger partial charge in [0, 0.05) is 17.6 Å². The first-order valence-corrected chi connectivity index (χ1v) is 8.81. The van der Waals surface area contributed by atoms with Crippen molar-refractivity contribution in [2.75, 3.05) is 13.2 Å². The number of sulfonamides is 1. The van der Waals surface area contributed by atoms with Gasteiger partial charge in [0.25, 0.3) is 0 Å². The van der Waals surface area contributed by atoms with Crippen LogP contribution in [0.1, 0.15) is 24.8 Å². The second-order valence-corrected chi connectivity index (χ2v) is 7.35. The number of aliphatic hydroxyl groups excluding tert-OH is 1. The smallest absolute Gasteiger partial charge is 0.241 e. The number of ether oxygens (including phenoxy) is 1. The summed E-state index contributed by atoms with van der Waals surface area (Å²) in [5, 5.41) is 9.10. The third kappa shape index (κ3) is 4.02. The third-order valence-corrected chi connectivity index (χ3v) is 5.66. The topological polar surface area (TPSA) is 75.6 Å². The molecule has 0 amide bonds. The van der Waals surface area contributed by atoms with E-state index in [0.717, 1.165) is 19.3 Å². The van der Waals surface area contributed by atoms with Gasteiger partial charge < -0.3 is 9.84 Å². The summed E-state index contributed by atoms with van der Waals surface area (Å²) in [6.07, 6.45) is 2.92. The second-order valence-electron chi connectivity index (χ2n) is 4.76. The third-order valence-electron chi connectivity index (χ3n) is 3.24. The van der Waals surface area contributed by atoms with E-state index in [0.29, 0.717) is 16.6 Å². The predicted octanol–water partition coefficient (Wildman–Crippen LogP) is 1.79. The van der Waals surface area contributed by atoms with Gasteiger partial charge in [0.2, 0.25) is 10.0 Å². The van der Waals surface area contributed by atoms with Crippen LogP contribution in [0.5, 0.6) is 0 Å². The number of benzene rings is 1. The van der Waals surface area contributed by atoms with Crippen molar-refractivity contribution in [3.05, 3.63) is 28.2 Å². The first kappa shape index (κ1) is 15.9. The predicted molar refractivity (Wildman–Crippen MR) is 78.8 cm³/mol. The molecular formula is C13H18BrNO4S. The molecule has 0 spiro atoms. The van der Waals surface area contributed by atoms with Gasteiger partial charge in [-0.1, -0.05) is 6.07 Å². The van der Waals surface area contributed by atoms with E-state index in [1.54, 1.807) is 12.1 Å². The van der Waals surface area contributed by atoms with E-state index in [1.165, 1.54) is 6.07 Å². The largest absolute Gasteiger partial charge is 0.392 e. The minimum absolute atomic E-state index is 0.0571. The molecule has 0 aliphatic carbocycles. The maximum Gasteiger partial charge on any atom is 0.241 e. The van der Waals surface area contributed by atoms with Crippen LogP contribution in [0.4, 0.5) is 0 Å². The Morgan fingerprint density at radius 2 is 2.20 bits per heavy atom. The lowest BCUT2D eigenvalue weighted by molar-refractivity contribution is 0.0200. The molecule has 0 aromatic heterocycles. The van der Waals surface area contributed by atoms with Gasteiger partial charge in [0.15, 0.2) is 0 Å². The maximum atomic E-state index is 12.3. The molecule has 1 saturated heterocycles. The van der Waals surface area contributed by atoms with Gasteiger partial charge in [-0.3, -0.25) is 0 Å². The Bertz CT molecular complexity index is 555. The first-order chi connectivity index (χ1) is 9.53. The SMILES string of the molecule is O=S(=O)(NCC1CCCCO1)c1cc(CO)ccc1Br. The molecule has 1 heterocycles. The molecule has 1 aromatic rings. The molecule has 5 nitrogen and oxygen atoms in total. The van der Waals surface area contributed by atoms with E-state index < -0.39 is 10.0 Å². The average molecular weight is 364 g/mol. The first-order valence-electron chi connectivity index (χ1n) is 6.53. The molecule has 20 heavy (non-hydrogen) atoms. The Kier molecular flexibility index (Phi) is 5.57. The van der Waals surface area contributed by atoms with Crippen molar-refractivity contribution in [3.63, 3.8) is 0 Å². The highest BCUT2D eigenvalue weighted by Crippen LogP contribution is 2.23. The number of nitrogens with one attached hydrogen (secondary N) is 1. The number of rotatable bonds is 5. The van der Waals surface area contributed by atoms with Gasteiger partial charge >= 0.3 is 0 Å². The summed E-state index contributed by atoms with van der Waals surface area (Å²) in [4.78, 5) is 0.139. The summed E-state index contributed by atoms with van der Waals surface area (Å²) >= 11 is 3.23. The van der Waals surface area contributed by atoms with Gasteiger partial charge in [-0.15, -0.1) is 0 Å². The van der Waals surface area contributed by atoms with E-state index in [9.17, 15) is 8.42 Å². The van der Waals surface area contributed by atoms with Crippen molar-refractivity contribution in [3.8, 4) is 0 Å². The van der Waals surface area contributed by atoms with Gasteiger partial charge in [0.05, 0.1) is 17.6 Å². The summed E-state index contributed by atoms with van der Waals surface area (Å²) in [7, 11) is -3.61. The Morgan fingerprint density at radius 3 is 2.85 bits per heavy atom. The Morgan fingerprint density at radius 1 is 1.40 bits per heavy atom. The highest BCUT2D eigenvalue weighted by molar-refractivity contribution is 9.10. The molecule has 1 aliphatic heterocycles. The lowest BCUT2D eigenvalue weighted by atomic mass is 10.1. The fourth-order valence-corrected chi connectivity index (χ4v) is 4.18. The number of hydrogen-bond donors (Lipinski definition) is 2. The minimum atomic E-state index is -3.61. The Balaban J connectivity index is 2.09. The van der Waals surface area contributed by atoms with Gasteiger partial charge in [0.1, 0.15) is 0 Å². The molecule has 0 saturated carbocycles. The van der Waals surface area contributed by atoms with Crippen molar-refractivity contribution < 1.29 is 18.3 Å². The Labute approximate surface area is 127 Å². The van der Waals surface area contributed by atoms with E-state index >= 15 is 0 Å². The van der Waals surface area contributed by atoms with Crippen molar-refractivity contribution in [1.29, 1.82) is 0 Å². The van der Waals surface area contributed by atoms with E-state index in [1.807, 2.05) is 0 Å². The normalized spacial score (nSPS) is 20.0. The maximum absolute atomic E-state index is 12.3. The van der Waals surface area contributed by atoms with Crippen molar-refractivity contribution >= 4 is 26.0 Å². The van der Waals surface area contributed by atoms with Gasteiger partial charge in [-0.2, -0.15) is 0 Å². The molecule has 0 radical (unpaired) electrons. The van der Waals surface area contributed by atoms with Crippen LogP contribution in [-0.4, -0.2) is 32.8 Å². The monoisotopic (exact) mass is 363 g/mol. The standard InChI is InChI=1S/C13H18BrNO4S/c14-12-5-4-10(9-16)7-13(12)20(17,18)15-8-11-3-1-2-6-19-11/h4-5,7,11,15-16H,1-3,6,8-9H2. The molecule has 1 fully saturated rings. The van der Waals surface area contributed by atoms with Gasteiger partial charge in [-0.25, -0.2) is 13.1 Å². The highest BCUT2D eigenvalue weighted by Gasteiger charge is 2.21. The molecule has 1 unspecified atom stereocenters. The number of halogens is 1. The number of aliphatic hydroxyl groups is 1. The zero-order valence-electron chi connectivity index (χ0n) is 11.0. The van der Waals surface area contributed by atoms with E-state index in [-0.39, 0.29) is 24.2 Å². The van der Waals surface area contributed by atoms with Crippen molar-refractivity contribution in [2.24, 2.45) is 0 Å². The fraction of sp³-hybridized carbons (Fsp3) is 0.538. The van der Waals surface area contributed by atoms with E-state index in [2.05, 4.69) is 20.7 Å². The summed E-state index contributed by atoms with van der Waals surface area (Å²) in [6.45, 7) is 0.774. The van der Waals surface area contributed by atoms with Crippen molar-refractivity contribution in [2.45, 2.75) is 36.9 Å². The summed E-state index contributed by atoms with van der Waals surface area (Å²) in [5.41, 5.74) is 0.558. The Hall–Kier alpha value is -0.470. The van der Waals surface area contributed by atoms with Crippen LogP contribution < -0.4 is 4.72 Å². The summed E-state index contributed by atoms with van der Waals surface area (Å²) in [5.74, 6) is 0. The van der Waals surface area contributed by atoms with Gasteiger partial charge in [-0.05, 0) is 52.9 Å². The lowest BCUT2D eigenvalue weighted by Crippen LogP contribution is -2.35. The van der Waals surface area contributed by atoms with Crippen LogP contribution in [-0.2, 0) is 21.4 Å². The van der Waals surface area contributed by atoms with E-state index in [4.69, 9.17) is 9.84 Å². The fourth-order valence-electron chi connectivity index (χ4n) is 2.10. The van der Waals surface area contributed by atoms with Crippen LogP contribution in [0, 0.1) is 0 Å². The highest BCUT2D eigenvalue weighted by atomic mass is 79.9. The van der Waals surface area contributed by atoms with Crippen LogP contribution in [0.3, 0.4) is 0 Å². The van der Waals surface area contributed by atoms with Crippen LogP contribution >= 0.6 is 15.9 Å². The summed E-state index contributed by atoms with van der Waals surface area (Å²) < 4.78 is 33.1. The zero-order valence-corrected chi connectivity index (χ0v) is 13.4. The molecule has 2 rings (SSSR count). The second kappa shape index (κ2) is 7.00. The van der Waals surface area contributed by atoms with Crippen LogP contribution in [0.2, 0.25) is 0 Å². The molecule has 2 N–H and O–H groups in total. The van der Waals surface area contributed by atoms with Crippen LogP contribution in [0.15, 0.2) is 27.6 Å². The minimum Gasteiger partial charge on any atom is -0.392 e. The zero-order chi connectivity index (χ0) is 14.6. The molecule has 112 valence electrons. The molecular weight excluding hydrogens is 346 g/mol. The molecule has 0 bridgehead atoms.